The normalized spacial score (nSPS) is 10.5. The molecule has 2 heterocycles. The van der Waals surface area contributed by atoms with Crippen molar-refractivity contribution in [2.24, 2.45) is 0 Å². The second-order valence-corrected chi connectivity index (χ2v) is 6.37. The van der Waals surface area contributed by atoms with Gasteiger partial charge in [0.2, 0.25) is 12.2 Å². The SMILES string of the molecule is O=C(Cn1cnc([N+](=O)[O-])n1)Nc1nc(-c2cccc(Br)c2)cs1. The molecule has 1 amide bonds. The van der Waals surface area contributed by atoms with Crippen molar-refractivity contribution in [3.63, 3.8) is 0 Å². The summed E-state index contributed by atoms with van der Waals surface area (Å²) < 4.78 is 2.03. The van der Waals surface area contributed by atoms with Gasteiger partial charge in [-0.2, -0.15) is 4.68 Å². The monoisotopic (exact) mass is 408 g/mol. The quantitative estimate of drug-likeness (QED) is 0.512. The zero-order valence-corrected chi connectivity index (χ0v) is 14.3. The number of carbonyl (C=O) groups is 1. The molecule has 2 aromatic heterocycles. The molecule has 1 aromatic carbocycles. The van der Waals surface area contributed by atoms with Crippen LogP contribution in [0.2, 0.25) is 0 Å². The van der Waals surface area contributed by atoms with E-state index in [0.717, 1.165) is 26.7 Å². The highest BCUT2D eigenvalue weighted by molar-refractivity contribution is 9.10. The molecule has 11 heteroatoms. The third kappa shape index (κ3) is 3.81. The van der Waals surface area contributed by atoms with E-state index in [9.17, 15) is 14.9 Å². The molecule has 0 unspecified atom stereocenters. The minimum absolute atomic E-state index is 0.188. The van der Waals surface area contributed by atoms with Crippen LogP contribution in [0, 0.1) is 10.1 Å². The van der Waals surface area contributed by atoms with Gasteiger partial charge in [0.05, 0.1) is 5.69 Å². The number of halogens is 1. The Labute approximate surface area is 147 Å². The Kier molecular flexibility index (Phi) is 4.62. The van der Waals surface area contributed by atoms with Gasteiger partial charge in [0, 0.05) is 20.5 Å². The van der Waals surface area contributed by atoms with E-state index in [1.54, 1.807) is 0 Å². The van der Waals surface area contributed by atoms with Gasteiger partial charge < -0.3 is 15.4 Å². The van der Waals surface area contributed by atoms with Crippen molar-refractivity contribution in [3.8, 4) is 11.3 Å². The maximum absolute atomic E-state index is 12.0. The van der Waals surface area contributed by atoms with Crippen LogP contribution in [-0.2, 0) is 11.3 Å². The number of anilines is 1. The topological polar surface area (TPSA) is 116 Å². The Morgan fingerprint density at radius 2 is 2.29 bits per heavy atom. The molecular formula is C13H9BrN6O3S. The van der Waals surface area contributed by atoms with Crippen LogP contribution in [0.15, 0.2) is 40.4 Å². The van der Waals surface area contributed by atoms with Crippen molar-refractivity contribution in [1.29, 1.82) is 0 Å². The zero-order valence-electron chi connectivity index (χ0n) is 11.9. The fourth-order valence-electron chi connectivity index (χ4n) is 1.86. The van der Waals surface area contributed by atoms with Crippen LogP contribution in [-0.4, -0.2) is 30.6 Å². The molecule has 0 aliphatic heterocycles. The molecule has 9 nitrogen and oxygen atoms in total. The maximum atomic E-state index is 12.0. The first-order chi connectivity index (χ1) is 11.5. The summed E-state index contributed by atoms with van der Waals surface area (Å²) in [6.07, 6.45) is 1.13. The predicted molar refractivity (Wildman–Crippen MR) is 90.6 cm³/mol. The molecule has 1 N–H and O–H groups in total. The summed E-state index contributed by atoms with van der Waals surface area (Å²) in [6, 6.07) is 7.65. The van der Waals surface area contributed by atoms with Gasteiger partial charge in [0.25, 0.3) is 0 Å². The fraction of sp³-hybridized carbons (Fsp3) is 0.0769. The van der Waals surface area contributed by atoms with Crippen molar-refractivity contribution in [2.45, 2.75) is 6.54 Å². The number of carbonyl (C=O) groups excluding carboxylic acids is 1. The minimum Gasteiger partial charge on any atom is -0.390 e. The lowest BCUT2D eigenvalue weighted by Gasteiger charge is -1.99. The van der Waals surface area contributed by atoms with Gasteiger partial charge >= 0.3 is 5.95 Å². The van der Waals surface area contributed by atoms with Crippen molar-refractivity contribution in [2.75, 3.05) is 5.32 Å². The van der Waals surface area contributed by atoms with Crippen LogP contribution < -0.4 is 5.32 Å². The number of benzene rings is 1. The van der Waals surface area contributed by atoms with Gasteiger partial charge in [0.1, 0.15) is 6.54 Å². The third-order valence-electron chi connectivity index (χ3n) is 2.86. The van der Waals surface area contributed by atoms with E-state index in [-0.39, 0.29) is 6.54 Å². The lowest BCUT2D eigenvalue weighted by atomic mass is 10.2. The molecule has 0 aliphatic carbocycles. The molecule has 122 valence electrons. The molecule has 0 saturated heterocycles. The largest absolute Gasteiger partial charge is 0.490 e. The highest BCUT2D eigenvalue weighted by atomic mass is 79.9. The second-order valence-electron chi connectivity index (χ2n) is 4.60. The molecule has 0 fully saturated rings. The molecule has 3 aromatic rings. The number of hydrogen-bond donors (Lipinski definition) is 1. The Bertz CT molecular complexity index is 909. The van der Waals surface area contributed by atoms with Crippen LogP contribution in [0.25, 0.3) is 11.3 Å². The Hall–Kier alpha value is -2.66. The molecular weight excluding hydrogens is 400 g/mol. The Morgan fingerprint density at radius 3 is 3.00 bits per heavy atom. The highest BCUT2D eigenvalue weighted by Crippen LogP contribution is 2.26. The van der Waals surface area contributed by atoms with Gasteiger partial charge in [-0.3, -0.25) is 4.79 Å². The highest BCUT2D eigenvalue weighted by Gasteiger charge is 2.16. The molecule has 0 bridgehead atoms. The average Bonchev–Trinajstić information content (AvgIpc) is 3.17. The Morgan fingerprint density at radius 1 is 1.46 bits per heavy atom. The number of nitrogens with zero attached hydrogens (tertiary/aromatic N) is 5. The molecule has 0 atom stereocenters. The number of nitro groups is 1. The first-order valence-electron chi connectivity index (χ1n) is 6.56. The maximum Gasteiger partial charge on any atom is 0.490 e. The van der Waals surface area contributed by atoms with Gasteiger partial charge in [-0.05, 0) is 17.1 Å². The van der Waals surface area contributed by atoms with Gasteiger partial charge in [0.15, 0.2) is 5.13 Å². The molecule has 24 heavy (non-hydrogen) atoms. The van der Waals surface area contributed by atoms with E-state index in [4.69, 9.17) is 0 Å². The predicted octanol–water partition coefficient (Wildman–Crippen LogP) is 2.71. The smallest absolute Gasteiger partial charge is 0.390 e. The zero-order chi connectivity index (χ0) is 17.1. The Balaban J connectivity index is 1.65. The number of rotatable bonds is 5. The number of aromatic nitrogens is 4. The molecule has 0 saturated carbocycles. The van der Waals surface area contributed by atoms with Crippen molar-refractivity contribution in [3.05, 3.63) is 50.6 Å². The summed E-state index contributed by atoms with van der Waals surface area (Å²) in [5.41, 5.74) is 1.67. The summed E-state index contributed by atoms with van der Waals surface area (Å²) in [7, 11) is 0. The van der Waals surface area contributed by atoms with Crippen molar-refractivity contribution < 1.29 is 9.72 Å². The molecule has 0 radical (unpaired) electrons. The van der Waals surface area contributed by atoms with E-state index in [1.165, 1.54) is 11.3 Å². The number of nitrogens with one attached hydrogen (secondary N) is 1. The summed E-state index contributed by atoms with van der Waals surface area (Å²) >= 11 is 4.69. The first kappa shape index (κ1) is 16.2. The summed E-state index contributed by atoms with van der Waals surface area (Å²) in [5, 5.41) is 19.0. The minimum atomic E-state index is -0.723. The van der Waals surface area contributed by atoms with Crippen LogP contribution >= 0.6 is 27.3 Å². The fourth-order valence-corrected chi connectivity index (χ4v) is 3.00. The summed E-state index contributed by atoms with van der Waals surface area (Å²) in [6.45, 7) is -0.188. The van der Waals surface area contributed by atoms with E-state index < -0.39 is 16.8 Å². The van der Waals surface area contributed by atoms with Gasteiger partial charge in [-0.15, -0.1) is 11.3 Å². The number of hydrogen-bond acceptors (Lipinski definition) is 7. The number of thiazole rings is 1. The van der Waals surface area contributed by atoms with E-state index in [0.29, 0.717) is 5.13 Å². The molecule has 3 rings (SSSR count). The van der Waals surface area contributed by atoms with Gasteiger partial charge in [-0.1, -0.05) is 33.0 Å². The second kappa shape index (κ2) is 6.84. The molecule has 0 aliphatic rings. The van der Waals surface area contributed by atoms with Crippen LogP contribution in [0.1, 0.15) is 0 Å². The lowest BCUT2D eigenvalue weighted by Crippen LogP contribution is -2.19. The van der Waals surface area contributed by atoms with Gasteiger partial charge in [-0.25, -0.2) is 4.98 Å². The third-order valence-corrected chi connectivity index (χ3v) is 4.12. The molecule has 0 spiro atoms. The standard InChI is InChI=1S/C13H9BrN6O3S/c14-9-3-1-2-8(4-9)10-6-24-13(16-10)17-11(21)5-19-7-15-12(18-19)20(22)23/h1-4,6-7H,5H2,(H,16,17,21). The summed E-state index contributed by atoms with van der Waals surface area (Å²) in [5.74, 6) is -0.945. The lowest BCUT2D eigenvalue weighted by molar-refractivity contribution is -0.394. The van der Waals surface area contributed by atoms with Crippen LogP contribution in [0.3, 0.4) is 0 Å². The average molecular weight is 409 g/mol. The number of amides is 1. The first-order valence-corrected chi connectivity index (χ1v) is 8.23. The van der Waals surface area contributed by atoms with Crippen molar-refractivity contribution in [1.82, 2.24) is 19.7 Å². The van der Waals surface area contributed by atoms with Crippen LogP contribution in [0.4, 0.5) is 11.1 Å². The summed E-state index contributed by atoms with van der Waals surface area (Å²) in [4.78, 5) is 29.6. The van der Waals surface area contributed by atoms with E-state index in [2.05, 4.69) is 36.3 Å². The van der Waals surface area contributed by atoms with Crippen molar-refractivity contribution >= 4 is 44.3 Å². The van der Waals surface area contributed by atoms with Crippen LogP contribution in [0.5, 0.6) is 0 Å². The van der Waals surface area contributed by atoms with E-state index >= 15 is 0 Å². The van der Waals surface area contributed by atoms with E-state index in [1.807, 2.05) is 29.6 Å².